The molecule has 29 heavy (non-hydrogen) atoms. The molecule has 0 spiro atoms. The zero-order chi connectivity index (χ0) is 20.7. The molecule has 2 aromatic carbocycles. The summed E-state index contributed by atoms with van der Waals surface area (Å²) in [6, 6.07) is 11.6. The first kappa shape index (κ1) is 18.7. The molecule has 1 saturated heterocycles. The topological polar surface area (TPSA) is 93.2 Å². The van der Waals surface area contributed by atoms with Crippen LogP contribution in [0, 0.1) is 12.8 Å². The van der Waals surface area contributed by atoms with Crippen LogP contribution in [0.3, 0.4) is 0 Å². The van der Waals surface area contributed by atoms with E-state index < -0.39 is 23.7 Å². The lowest BCUT2D eigenvalue weighted by atomic mass is 10.1. The summed E-state index contributed by atoms with van der Waals surface area (Å²) in [7, 11) is 1.50. The molecule has 3 amide bonds. The van der Waals surface area contributed by atoms with E-state index in [1.165, 1.54) is 24.1 Å². The summed E-state index contributed by atoms with van der Waals surface area (Å²) < 4.78 is 5.32. The minimum absolute atomic E-state index is 0.0701. The summed E-state index contributed by atoms with van der Waals surface area (Å²) in [5.41, 5.74) is 1.86. The maximum Gasteiger partial charge on any atom is 0.338 e. The lowest BCUT2D eigenvalue weighted by Gasteiger charge is -2.20. The number of benzene rings is 2. The Bertz CT molecular complexity index is 1010. The number of hydrogen-bond donors (Lipinski definition) is 0. The van der Waals surface area contributed by atoms with Gasteiger partial charge in [-0.15, -0.1) is 0 Å². The molecule has 2 aliphatic rings. The van der Waals surface area contributed by atoms with Crippen LogP contribution in [-0.2, 0) is 14.4 Å². The highest BCUT2D eigenvalue weighted by Crippen LogP contribution is 2.34. The molecule has 8 nitrogen and oxygen atoms in total. The minimum atomic E-state index is -0.808. The summed E-state index contributed by atoms with van der Waals surface area (Å²) in [4.78, 5) is 56.4. The Balaban J connectivity index is 1.50. The molecule has 0 aromatic heterocycles. The molecular weight excluding hydrogens is 376 g/mol. The van der Waals surface area contributed by atoms with Crippen molar-refractivity contribution in [3.05, 3.63) is 59.2 Å². The Morgan fingerprint density at radius 3 is 2.31 bits per heavy atom. The number of amides is 3. The number of aryl methyl sites for hydroxylation is 1. The van der Waals surface area contributed by atoms with Crippen LogP contribution in [-0.4, -0.2) is 42.4 Å². The van der Waals surface area contributed by atoms with Gasteiger partial charge >= 0.3 is 5.97 Å². The Morgan fingerprint density at radius 2 is 1.69 bits per heavy atom. The van der Waals surface area contributed by atoms with Gasteiger partial charge in [0.15, 0.2) is 0 Å². The number of nitrogens with zero attached hydrogens (tertiary/aromatic N) is 2. The number of imide groups is 1. The van der Waals surface area contributed by atoms with Gasteiger partial charge in [0, 0.05) is 13.0 Å². The van der Waals surface area contributed by atoms with Gasteiger partial charge < -0.3 is 14.5 Å². The zero-order valence-electron chi connectivity index (χ0n) is 15.9. The van der Waals surface area contributed by atoms with E-state index in [2.05, 4.69) is 0 Å². The van der Waals surface area contributed by atoms with E-state index in [-0.39, 0.29) is 30.0 Å². The second-order valence-electron chi connectivity index (χ2n) is 6.94. The van der Waals surface area contributed by atoms with Gasteiger partial charge in [-0.05, 0) is 36.8 Å². The second kappa shape index (κ2) is 7.05. The number of rotatable bonds is 4. The van der Waals surface area contributed by atoms with Crippen molar-refractivity contribution in [3.8, 4) is 5.75 Å². The summed E-state index contributed by atoms with van der Waals surface area (Å²) >= 11 is 0. The highest BCUT2D eigenvalue weighted by Gasteiger charge is 2.43. The second-order valence-corrected chi connectivity index (χ2v) is 6.94. The highest BCUT2D eigenvalue weighted by molar-refractivity contribution is 6.21. The predicted octanol–water partition coefficient (Wildman–Crippen LogP) is 2.11. The molecule has 0 radical (unpaired) electrons. The molecule has 2 aromatic rings. The van der Waals surface area contributed by atoms with E-state index in [1.807, 2.05) is 13.0 Å². The average molecular weight is 394 g/mol. The summed E-state index contributed by atoms with van der Waals surface area (Å²) in [6.45, 7) is 1.96. The lowest BCUT2D eigenvalue weighted by molar-refractivity contribution is -0.173. The smallest absolute Gasteiger partial charge is 0.338 e. The Kier molecular flexibility index (Phi) is 4.54. The van der Waals surface area contributed by atoms with Crippen molar-refractivity contribution in [1.29, 1.82) is 0 Å². The maximum absolute atomic E-state index is 12.6. The summed E-state index contributed by atoms with van der Waals surface area (Å²) in [5, 5.41) is 0.466. The molecule has 8 heteroatoms. The molecular formula is C21H18N2O6. The van der Waals surface area contributed by atoms with E-state index in [9.17, 15) is 19.2 Å². The van der Waals surface area contributed by atoms with Gasteiger partial charge in [0.1, 0.15) is 5.75 Å². The largest absolute Gasteiger partial charge is 0.495 e. The molecule has 4 rings (SSSR count). The highest BCUT2D eigenvalue weighted by atomic mass is 16.7. The Morgan fingerprint density at radius 1 is 1.03 bits per heavy atom. The first-order valence-electron chi connectivity index (χ1n) is 9.05. The Hall–Kier alpha value is -3.68. The van der Waals surface area contributed by atoms with E-state index in [0.717, 1.165) is 5.56 Å². The molecule has 0 N–H and O–H groups in total. The number of anilines is 1. The molecule has 1 atom stereocenters. The number of methoxy groups -OCH3 is 1. The minimum Gasteiger partial charge on any atom is -0.495 e. The van der Waals surface area contributed by atoms with Crippen LogP contribution in [0.15, 0.2) is 42.5 Å². The number of hydrogen-bond acceptors (Lipinski definition) is 6. The zero-order valence-corrected chi connectivity index (χ0v) is 15.9. The third-order valence-corrected chi connectivity index (χ3v) is 5.02. The third-order valence-electron chi connectivity index (χ3n) is 5.02. The quantitative estimate of drug-likeness (QED) is 0.738. The van der Waals surface area contributed by atoms with Gasteiger partial charge in [-0.1, -0.05) is 23.3 Å². The fourth-order valence-electron chi connectivity index (χ4n) is 3.52. The third kappa shape index (κ3) is 3.12. The molecule has 2 heterocycles. The van der Waals surface area contributed by atoms with Crippen LogP contribution in [0.25, 0.3) is 0 Å². The lowest BCUT2D eigenvalue weighted by Crippen LogP contribution is -2.36. The van der Waals surface area contributed by atoms with E-state index in [4.69, 9.17) is 9.57 Å². The van der Waals surface area contributed by atoms with Gasteiger partial charge in [-0.25, -0.2) is 4.79 Å². The SMILES string of the molecule is COc1ccc(C)cc1N1CC(C(=O)ON2C(=O)c3ccccc3C2=O)CC1=O. The van der Waals surface area contributed by atoms with E-state index >= 15 is 0 Å². The summed E-state index contributed by atoms with van der Waals surface area (Å²) in [6.07, 6.45) is -0.0842. The van der Waals surface area contributed by atoms with Crippen LogP contribution in [0.1, 0.15) is 32.7 Å². The fourth-order valence-corrected chi connectivity index (χ4v) is 3.52. The number of carbonyl (C=O) groups excluding carboxylic acids is 4. The van der Waals surface area contributed by atoms with Gasteiger partial charge in [0.25, 0.3) is 11.8 Å². The van der Waals surface area contributed by atoms with Gasteiger partial charge in [0.2, 0.25) is 5.91 Å². The van der Waals surface area contributed by atoms with Gasteiger partial charge in [0.05, 0.1) is 29.8 Å². The monoisotopic (exact) mass is 394 g/mol. The van der Waals surface area contributed by atoms with Crippen LogP contribution >= 0.6 is 0 Å². The number of hydroxylamine groups is 2. The maximum atomic E-state index is 12.6. The Labute approximate surface area is 166 Å². The molecule has 1 unspecified atom stereocenters. The standard InChI is InChI=1S/C21H18N2O6/c1-12-7-8-17(28-2)16(9-12)22-11-13(10-18(22)24)21(27)29-23-19(25)14-5-3-4-6-15(14)20(23)26/h3-9,13H,10-11H2,1-2H3. The van der Waals surface area contributed by atoms with Crippen molar-refractivity contribution >= 4 is 29.4 Å². The molecule has 0 aliphatic carbocycles. The van der Waals surface area contributed by atoms with Crippen LogP contribution in [0.5, 0.6) is 5.75 Å². The number of ether oxygens (including phenoxy) is 1. The number of carbonyl (C=O) groups is 4. The van der Waals surface area contributed by atoms with Gasteiger partial charge in [-0.3, -0.25) is 14.4 Å². The predicted molar refractivity (Wildman–Crippen MR) is 101 cm³/mol. The van der Waals surface area contributed by atoms with Crippen molar-refractivity contribution in [2.24, 2.45) is 5.92 Å². The van der Waals surface area contributed by atoms with E-state index in [0.29, 0.717) is 16.5 Å². The first-order valence-corrected chi connectivity index (χ1v) is 9.05. The fraction of sp³-hybridized carbons (Fsp3) is 0.238. The first-order chi connectivity index (χ1) is 13.9. The summed E-state index contributed by atoms with van der Waals surface area (Å²) in [5.74, 6) is -2.75. The van der Waals surface area contributed by atoms with Crippen molar-refractivity contribution in [3.63, 3.8) is 0 Å². The molecule has 148 valence electrons. The molecule has 0 bridgehead atoms. The van der Waals surface area contributed by atoms with Crippen molar-refractivity contribution in [1.82, 2.24) is 5.06 Å². The van der Waals surface area contributed by atoms with Crippen LogP contribution < -0.4 is 9.64 Å². The molecule has 0 saturated carbocycles. The molecule has 1 fully saturated rings. The van der Waals surface area contributed by atoms with Gasteiger partial charge in [-0.2, -0.15) is 0 Å². The van der Waals surface area contributed by atoms with Crippen molar-refractivity contribution in [2.45, 2.75) is 13.3 Å². The van der Waals surface area contributed by atoms with Crippen molar-refractivity contribution < 1.29 is 28.8 Å². The van der Waals surface area contributed by atoms with Crippen LogP contribution in [0.4, 0.5) is 5.69 Å². The van der Waals surface area contributed by atoms with Crippen LogP contribution in [0.2, 0.25) is 0 Å². The normalized spacial score (nSPS) is 18.3. The van der Waals surface area contributed by atoms with E-state index in [1.54, 1.807) is 24.3 Å². The number of fused-ring (bicyclic) bond motifs is 1. The molecule has 2 aliphatic heterocycles. The van der Waals surface area contributed by atoms with Crippen molar-refractivity contribution in [2.75, 3.05) is 18.6 Å². The average Bonchev–Trinajstić information content (AvgIpc) is 3.22.